The van der Waals surface area contributed by atoms with Crippen molar-refractivity contribution >= 4 is 23.4 Å². The van der Waals surface area contributed by atoms with Gasteiger partial charge < -0.3 is 10.5 Å². The average Bonchev–Trinajstić information content (AvgIpc) is 3.29. The molecule has 11 heteroatoms. The fourth-order valence-electron chi connectivity index (χ4n) is 3.56. The van der Waals surface area contributed by atoms with Crippen LogP contribution in [0.2, 0.25) is 0 Å². The van der Waals surface area contributed by atoms with Gasteiger partial charge in [0.15, 0.2) is 16.8 Å². The zero-order valence-corrected chi connectivity index (χ0v) is 20.5. The first-order valence-corrected chi connectivity index (χ1v) is 11.6. The van der Waals surface area contributed by atoms with Crippen LogP contribution in [0.3, 0.4) is 0 Å². The number of rotatable bonds is 7. The van der Waals surface area contributed by atoms with Crippen LogP contribution in [0.15, 0.2) is 63.3 Å². The predicted octanol–water partition coefficient (Wildman–Crippen LogP) is 2.21. The number of methoxy groups -OCH3 is 1. The first-order chi connectivity index (χ1) is 16.7. The van der Waals surface area contributed by atoms with E-state index in [0.717, 1.165) is 37.7 Å². The molecule has 0 radical (unpaired) electrons. The highest BCUT2D eigenvalue weighted by Crippen LogP contribution is 2.30. The van der Waals surface area contributed by atoms with E-state index in [9.17, 15) is 14.4 Å². The van der Waals surface area contributed by atoms with Crippen molar-refractivity contribution in [2.45, 2.75) is 12.1 Å². The SMILES string of the molecule is COc1cccc(-c2nnc(SCC(=O)c3c(N)n(C)c(=O)n(C)c3=O)n2-c2ccc(C)cc2)c1. The van der Waals surface area contributed by atoms with Crippen LogP contribution >= 0.6 is 11.8 Å². The molecule has 2 heterocycles. The lowest BCUT2D eigenvalue weighted by atomic mass is 10.2. The van der Waals surface area contributed by atoms with Crippen molar-refractivity contribution in [3.63, 3.8) is 0 Å². The zero-order chi connectivity index (χ0) is 25.3. The van der Waals surface area contributed by atoms with E-state index in [-0.39, 0.29) is 17.1 Å². The summed E-state index contributed by atoms with van der Waals surface area (Å²) in [6.45, 7) is 1.99. The summed E-state index contributed by atoms with van der Waals surface area (Å²) in [5.74, 6) is 0.442. The molecular weight excluding hydrogens is 468 g/mol. The molecule has 180 valence electrons. The Bertz CT molecular complexity index is 1540. The number of carbonyl (C=O) groups is 1. The Hall–Kier alpha value is -4.12. The number of aromatic nitrogens is 5. The van der Waals surface area contributed by atoms with Crippen molar-refractivity contribution in [3.8, 4) is 22.8 Å². The van der Waals surface area contributed by atoms with E-state index in [1.165, 1.54) is 14.1 Å². The Morgan fingerprint density at radius 1 is 1.06 bits per heavy atom. The standard InChI is InChI=1S/C24H24N6O4S/c1-14-8-10-16(11-9-14)30-21(15-6-5-7-17(12-15)34-4)26-27-23(30)35-13-18(31)19-20(25)28(2)24(33)29(3)22(19)32/h5-12H,13,25H2,1-4H3. The normalized spacial score (nSPS) is 11.0. The van der Waals surface area contributed by atoms with Crippen molar-refractivity contribution in [3.05, 3.63) is 80.5 Å². The minimum absolute atomic E-state index is 0.125. The molecule has 4 rings (SSSR count). The summed E-state index contributed by atoms with van der Waals surface area (Å²) in [6, 6.07) is 15.3. The number of hydrogen-bond acceptors (Lipinski definition) is 8. The Labute approximate surface area is 205 Å². The van der Waals surface area contributed by atoms with Gasteiger partial charge in [-0.15, -0.1) is 10.2 Å². The molecule has 0 atom stereocenters. The first-order valence-electron chi connectivity index (χ1n) is 10.6. The summed E-state index contributed by atoms with van der Waals surface area (Å²) in [4.78, 5) is 37.7. The maximum Gasteiger partial charge on any atom is 0.332 e. The Morgan fingerprint density at radius 2 is 1.77 bits per heavy atom. The second kappa shape index (κ2) is 9.63. The van der Waals surface area contributed by atoms with Gasteiger partial charge in [-0.1, -0.05) is 41.6 Å². The van der Waals surface area contributed by atoms with Crippen molar-refractivity contribution in [1.29, 1.82) is 0 Å². The van der Waals surface area contributed by atoms with Gasteiger partial charge in [0, 0.05) is 25.3 Å². The number of ether oxygens (including phenoxy) is 1. The lowest BCUT2D eigenvalue weighted by Gasteiger charge is -2.12. The molecule has 0 amide bonds. The molecule has 0 fully saturated rings. The van der Waals surface area contributed by atoms with Crippen LogP contribution in [0.1, 0.15) is 15.9 Å². The van der Waals surface area contributed by atoms with Crippen LogP contribution in [0.25, 0.3) is 17.1 Å². The summed E-state index contributed by atoms with van der Waals surface area (Å²) >= 11 is 1.13. The van der Waals surface area contributed by atoms with Crippen LogP contribution in [0, 0.1) is 6.92 Å². The van der Waals surface area contributed by atoms with Gasteiger partial charge in [0.05, 0.1) is 12.9 Å². The third-order valence-electron chi connectivity index (χ3n) is 5.57. The molecule has 0 spiro atoms. The van der Waals surface area contributed by atoms with E-state index >= 15 is 0 Å². The smallest absolute Gasteiger partial charge is 0.332 e. The van der Waals surface area contributed by atoms with Gasteiger partial charge in [0.1, 0.15) is 17.1 Å². The molecule has 0 aliphatic heterocycles. The maximum atomic E-state index is 13.0. The number of hydrogen-bond donors (Lipinski definition) is 1. The van der Waals surface area contributed by atoms with Crippen molar-refractivity contribution in [2.75, 3.05) is 18.6 Å². The predicted molar refractivity (Wildman–Crippen MR) is 134 cm³/mol. The molecule has 0 unspecified atom stereocenters. The van der Waals surface area contributed by atoms with Crippen molar-refractivity contribution in [2.24, 2.45) is 14.1 Å². The molecule has 0 bridgehead atoms. The van der Waals surface area contributed by atoms with E-state index in [1.54, 1.807) is 7.11 Å². The minimum Gasteiger partial charge on any atom is -0.497 e. The van der Waals surface area contributed by atoms with Crippen molar-refractivity contribution < 1.29 is 9.53 Å². The van der Waals surface area contributed by atoms with E-state index in [1.807, 2.05) is 60.0 Å². The number of aryl methyl sites for hydroxylation is 1. The molecule has 10 nitrogen and oxygen atoms in total. The van der Waals surface area contributed by atoms with E-state index in [0.29, 0.717) is 16.7 Å². The third-order valence-corrected chi connectivity index (χ3v) is 6.50. The van der Waals surface area contributed by atoms with Gasteiger partial charge in [-0.25, -0.2) is 4.79 Å². The number of ketones is 1. The highest BCUT2D eigenvalue weighted by atomic mass is 32.2. The fraction of sp³-hybridized carbons (Fsp3) is 0.208. The van der Waals surface area contributed by atoms with E-state index < -0.39 is 17.0 Å². The zero-order valence-electron chi connectivity index (χ0n) is 19.7. The molecule has 2 aromatic carbocycles. The van der Waals surface area contributed by atoms with Crippen LogP contribution in [0.4, 0.5) is 5.82 Å². The Balaban J connectivity index is 1.74. The summed E-state index contributed by atoms with van der Waals surface area (Å²) < 4.78 is 9.13. The quantitative estimate of drug-likeness (QED) is 0.307. The molecule has 4 aromatic rings. The first kappa shape index (κ1) is 24.0. The number of nitrogens with zero attached hydrogens (tertiary/aromatic N) is 5. The largest absolute Gasteiger partial charge is 0.497 e. The van der Waals surface area contributed by atoms with Gasteiger partial charge in [0.25, 0.3) is 5.56 Å². The molecule has 0 aliphatic carbocycles. The number of carbonyl (C=O) groups excluding carboxylic acids is 1. The summed E-state index contributed by atoms with van der Waals surface area (Å²) in [6.07, 6.45) is 0. The highest BCUT2D eigenvalue weighted by Gasteiger charge is 2.23. The topological polar surface area (TPSA) is 127 Å². The maximum absolute atomic E-state index is 13.0. The highest BCUT2D eigenvalue weighted by molar-refractivity contribution is 7.99. The van der Waals surface area contributed by atoms with Gasteiger partial charge in [-0.2, -0.15) is 0 Å². The Morgan fingerprint density at radius 3 is 2.46 bits per heavy atom. The molecule has 0 saturated heterocycles. The third kappa shape index (κ3) is 4.50. The molecule has 35 heavy (non-hydrogen) atoms. The Kier molecular flexibility index (Phi) is 6.61. The second-order valence-corrected chi connectivity index (χ2v) is 8.83. The number of nitrogens with two attached hydrogens (primary N) is 1. The molecule has 2 aromatic heterocycles. The molecule has 0 saturated carbocycles. The van der Waals surface area contributed by atoms with Crippen LogP contribution in [-0.2, 0) is 14.1 Å². The van der Waals surface area contributed by atoms with Crippen LogP contribution in [0.5, 0.6) is 5.75 Å². The molecule has 0 aliphatic rings. The average molecular weight is 493 g/mol. The van der Waals surface area contributed by atoms with E-state index in [4.69, 9.17) is 10.5 Å². The lowest BCUT2D eigenvalue weighted by molar-refractivity contribution is 0.102. The van der Waals surface area contributed by atoms with Gasteiger partial charge in [0.2, 0.25) is 0 Å². The van der Waals surface area contributed by atoms with Gasteiger partial charge in [-0.05, 0) is 31.2 Å². The second-order valence-electron chi connectivity index (χ2n) is 7.89. The minimum atomic E-state index is -0.728. The number of nitrogen functional groups attached to an aromatic ring is 1. The fourth-order valence-corrected chi connectivity index (χ4v) is 4.39. The van der Waals surface area contributed by atoms with E-state index in [2.05, 4.69) is 10.2 Å². The number of Topliss-reactive ketones (excluding diaryl/α,β-unsaturated/α-hetero) is 1. The summed E-state index contributed by atoms with van der Waals surface area (Å²) in [5, 5.41) is 9.15. The summed E-state index contributed by atoms with van der Waals surface area (Å²) in [5.41, 5.74) is 7.08. The number of anilines is 1. The van der Waals surface area contributed by atoms with Gasteiger partial charge in [-0.3, -0.25) is 23.3 Å². The van der Waals surface area contributed by atoms with Crippen molar-refractivity contribution in [1.82, 2.24) is 23.9 Å². The number of thioether (sulfide) groups is 1. The monoisotopic (exact) mass is 492 g/mol. The molecule has 2 N–H and O–H groups in total. The van der Waals surface area contributed by atoms with Crippen LogP contribution in [-0.4, -0.2) is 42.5 Å². The molecular formula is C24H24N6O4S. The van der Waals surface area contributed by atoms with Crippen LogP contribution < -0.4 is 21.7 Å². The lowest BCUT2D eigenvalue weighted by Crippen LogP contribution is -2.41. The number of benzene rings is 2. The summed E-state index contributed by atoms with van der Waals surface area (Å²) in [7, 11) is 4.31. The van der Waals surface area contributed by atoms with Gasteiger partial charge >= 0.3 is 5.69 Å².